The highest BCUT2D eigenvalue weighted by Crippen LogP contribution is 2.22. The Kier molecular flexibility index (Phi) is 14.8. The van der Waals surface area contributed by atoms with Crippen molar-refractivity contribution in [3.63, 3.8) is 0 Å². The van der Waals surface area contributed by atoms with E-state index in [1.807, 2.05) is 0 Å². The fraction of sp³-hybridized carbons (Fsp3) is 0.955. The molecule has 172 valence electrons. The fourth-order valence-corrected chi connectivity index (χ4v) is 3.62. The SMILES string of the molecule is CCCCCCCCCCCCCCC(=O)CO[C@H]1O[C@H](CO)[C@@H](O)[C@H](O)[C@H]1O. The van der Waals surface area contributed by atoms with E-state index in [2.05, 4.69) is 6.92 Å². The highest BCUT2D eigenvalue weighted by Gasteiger charge is 2.44. The number of hydrogen-bond donors (Lipinski definition) is 4. The molecule has 1 rings (SSSR count). The Hall–Kier alpha value is -0.570. The number of aliphatic hydroxyl groups excluding tert-OH is 4. The number of unbranched alkanes of at least 4 members (excludes halogenated alkanes) is 11. The third kappa shape index (κ3) is 10.9. The normalized spacial score (nSPS) is 27.3. The summed E-state index contributed by atoms with van der Waals surface area (Å²) in [4.78, 5) is 11.9. The molecule has 5 atom stereocenters. The van der Waals surface area contributed by atoms with Crippen molar-refractivity contribution in [1.82, 2.24) is 0 Å². The van der Waals surface area contributed by atoms with Crippen molar-refractivity contribution < 1.29 is 34.7 Å². The van der Waals surface area contributed by atoms with Crippen molar-refractivity contribution in [1.29, 1.82) is 0 Å². The van der Waals surface area contributed by atoms with Gasteiger partial charge in [-0.25, -0.2) is 0 Å². The van der Waals surface area contributed by atoms with Crippen molar-refractivity contribution >= 4 is 5.78 Å². The molecule has 0 unspecified atom stereocenters. The summed E-state index contributed by atoms with van der Waals surface area (Å²) in [6.07, 6.45) is 8.57. The second-order valence-corrected chi connectivity index (χ2v) is 8.19. The number of aliphatic hydroxyl groups is 4. The molecular weight excluding hydrogens is 376 g/mol. The van der Waals surface area contributed by atoms with E-state index in [-0.39, 0.29) is 12.4 Å². The van der Waals surface area contributed by atoms with E-state index < -0.39 is 37.3 Å². The first kappa shape index (κ1) is 26.5. The Morgan fingerprint density at radius 1 is 0.793 bits per heavy atom. The lowest BCUT2D eigenvalue weighted by Gasteiger charge is -2.39. The summed E-state index contributed by atoms with van der Waals surface area (Å²) in [5.74, 6) is -0.0889. The summed E-state index contributed by atoms with van der Waals surface area (Å²) >= 11 is 0. The van der Waals surface area contributed by atoms with Crippen molar-refractivity contribution in [2.45, 2.75) is 121 Å². The molecule has 0 aliphatic carbocycles. The van der Waals surface area contributed by atoms with E-state index in [0.717, 1.165) is 19.3 Å². The summed E-state index contributed by atoms with van der Waals surface area (Å²) in [5, 5.41) is 38.4. The third-order valence-electron chi connectivity index (χ3n) is 5.57. The van der Waals surface area contributed by atoms with Crippen LogP contribution in [-0.4, -0.2) is 70.1 Å². The number of Topliss-reactive ketones (excluding diaryl/α,β-unsaturated/α-hetero) is 1. The Morgan fingerprint density at radius 3 is 1.83 bits per heavy atom. The Labute approximate surface area is 175 Å². The number of carbonyl (C=O) groups is 1. The fourth-order valence-electron chi connectivity index (χ4n) is 3.62. The molecule has 0 aromatic heterocycles. The minimum Gasteiger partial charge on any atom is -0.394 e. The summed E-state index contributed by atoms with van der Waals surface area (Å²) in [6, 6.07) is 0. The quantitative estimate of drug-likeness (QED) is 0.268. The molecule has 7 heteroatoms. The van der Waals surface area contributed by atoms with Crippen molar-refractivity contribution in [2.75, 3.05) is 13.2 Å². The zero-order valence-corrected chi connectivity index (χ0v) is 18.0. The molecule has 29 heavy (non-hydrogen) atoms. The van der Waals surface area contributed by atoms with Gasteiger partial charge in [0.15, 0.2) is 12.1 Å². The van der Waals surface area contributed by atoms with Crippen LogP contribution < -0.4 is 0 Å². The summed E-state index contributed by atoms with van der Waals surface area (Å²) in [6.45, 7) is 1.50. The van der Waals surface area contributed by atoms with Crippen LogP contribution in [-0.2, 0) is 14.3 Å². The van der Waals surface area contributed by atoms with Gasteiger partial charge < -0.3 is 29.9 Å². The molecular formula is C22H42O7. The molecule has 4 N–H and O–H groups in total. The van der Waals surface area contributed by atoms with Gasteiger partial charge in [-0.15, -0.1) is 0 Å². The van der Waals surface area contributed by atoms with Gasteiger partial charge in [-0.05, 0) is 6.42 Å². The third-order valence-corrected chi connectivity index (χ3v) is 5.57. The molecule has 0 aromatic carbocycles. The first-order valence-electron chi connectivity index (χ1n) is 11.4. The van der Waals surface area contributed by atoms with Gasteiger partial charge in [0.25, 0.3) is 0 Å². The molecule has 1 heterocycles. The summed E-state index contributed by atoms with van der Waals surface area (Å²) < 4.78 is 10.5. The number of rotatable bonds is 17. The number of ether oxygens (including phenoxy) is 2. The van der Waals surface area contributed by atoms with E-state index in [1.165, 1.54) is 57.8 Å². The van der Waals surface area contributed by atoms with Crippen LogP contribution in [0, 0.1) is 0 Å². The smallest absolute Gasteiger partial charge is 0.187 e. The number of carbonyl (C=O) groups excluding carboxylic acids is 1. The standard InChI is InChI=1S/C22H42O7/c1-2-3-4-5-6-7-8-9-10-11-12-13-14-17(24)16-28-22-21(27)20(26)19(25)18(15-23)29-22/h18-23,25-27H,2-16H2,1H3/t18-,19-,20+,21-,22+/m1/s1. The highest BCUT2D eigenvalue weighted by atomic mass is 16.7. The van der Waals surface area contributed by atoms with E-state index in [0.29, 0.717) is 6.42 Å². The first-order valence-corrected chi connectivity index (χ1v) is 11.4. The summed E-state index contributed by atoms with van der Waals surface area (Å²) in [7, 11) is 0. The van der Waals surface area contributed by atoms with Gasteiger partial charge in [0.2, 0.25) is 0 Å². The molecule has 7 nitrogen and oxygen atoms in total. The van der Waals surface area contributed by atoms with Gasteiger partial charge in [-0.1, -0.05) is 77.6 Å². The van der Waals surface area contributed by atoms with Gasteiger partial charge >= 0.3 is 0 Å². The van der Waals surface area contributed by atoms with E-state index in [1.54, 1.807) is 0 Å². The molecule has 1 fully saturated rings. The largest absolute Gasteiger partial charge is 0.394 e. The van der Waals surface area contributed by atoms with Gasteiger partial charge in [-0.3, -0.25) is 4.79 Å². The van der Waals surface area contributed by atoms with Crippen molar-refractivity contribution in [3.8, 4) is 0 Å². The Balaban J connectivity index is 2.00. The molecule has 0 saturated carbocycles. The monoisotopic (exact) mass is 418 g/mol. The molecule has 0 bridgehead atoms. The van der Waals surface area contributed by atoms with E-state index in [9.17, 15) is 20.1 Å². The molecule has 1 aliphatic rings. The van der Waals surface area contributed by atoms with Gasteiger partial charge in [-0.2, -0.15) is 0 Å². The lowest BCUT2D eigenvalue weighted by atomic mass is 9.99. The zero-order chi connectivity index (χ0) is 21.5. The maximum Gasteiger partial charge on any atom is 0.187 e. The Bertz CT molecular complexity index is 416. The number of hydrogen-bond acceptors (Lipinski definition) is 7. The Morgan fingerprint density at radius 2 is 1.31 bits per heavy atom. The predicted octanol–water partition coefficient (Wildman–Crippen LogP) is 2.46. The molecule has 0 spiro atoms. The lowest BCUT2D eigenvalue weighted by Crippen LogP contribution is -2.59. The second kappa shape index (κ2) is 16.2. The molecule has 0 amide bonds. The second-order valence-electron chi connectivity index (χ2n) is 8.19. The minimum atomic E-state index is -1.49. The maximum absolute atomic E-state index is 11.9. The predicted molar refractivity (Wildman–Crippen MR) is 110 cm³/mol. The average Bonchev–Trinajstić information content (AvgIpc) is 2.72. The van der Waals surface area contributed by atoms with Crippen LogP contribution in [0.1, 0.15) is 90.4 Å². The van der Waals surface area contributed by atoms with Crippen molar-refractivity contribution in [3.05, 3.63) is 0 Å². The van der Waals surface area contributed by atoms with Crippen molar-refractivity contribution in [2.24, 2.45) is 0 Å². The molecule has 0 aromatic rings. The average molecular weight is 419 g/mol. The van der Waals surface area contributed by atoms with Crippen LogP contribution in [0.5, 0.6) is 0 Å². The van der Waals surface area contributed by atoms with Crippen LogP contribution in [0.15, 0.2) is 0 Å². The van der Waals surface area contributed by atoms with Crippen LogP contribution >= 0.6 is 0 Å². The van der Waals surface area contributed by atoms with Crippen LogP contribution in [0.3, 0.4) is 0 Å². The van der Waals surface area contributed by atoms with Crippen LogP contribution in [0.4, 0.5) is 0 Å². The van der Waals surface area contributed by atoms with Gasteiger partial charge in [0.1, 0.15) is 31.0 Å². The minimum absolute atomic E-state index is 0.0889. The topological polar surface area (TPSA) is 116 Å². The zero-order valence-electron chi connectivity index (χ0n) is 18.0. The number of ketones is 1. The maximum atomic E-state index is 11.9. The van der Waals surface area contributed by atoms with E-state index >= 15 is 0 Å². The highest BCUT2D eigenvalue weighted by molar-refractivity contribution is 5.79. The molecule has 0 radical (unpaired) electrons. The van der Waals surface area contributed by atoms with Crippen LogP contribution in [0.25, 0.3) is 0 Å². The van der Waals surface area contributed by atoms with E-state index in [4.69, 9.17) is 14.6 Å². The molecule has 1 saturated heterocycles. The summed E-state index contributed by atoms with van der Waals surface area (Å²) in [5.41, 5.74) is 0. The van der Waals surface area contributed by atoms with Gasteiger partial charge in [0.05, 0.1) is 6.61 Å². The molecule has 1 aliphatic heterocycles. The first-order chi connectivity index (χ1) is 14.0. The van der Waals surface area contributed by atoms with Crippen LogP contribution in [0.2, 0.25) is 0 Å². The lowest BCUT2D eigenvalue weighted by molar-refractivity contribution is -0.299. The van der Waals surface area contributed by atoms with Gasteiger partial charge in [0, 0.05) is 6.42 Å².